The van der Waals surface area contributed by atoms with E-state index in [4.69, 9.17) is 9.47 Å². The molecule has 2 heterocycles. The van der Waals surface area contributed by atoms with Crippen molar-refractivity contribution in [3.8, 4) is 0 Å². The number of carbonyl (C=O) groups excluding carboxylic acids is 1. The van der Waals surface area contributed by atoms with Gasteiger partial charge in [0.2, 0.25) is 5.91 Å². The fraction of sp³-hybridized carbons (Fsp3) is 0.611. The van der Waals surface area contributed by atoms with Crippen molar-refractivity contribution in [3.63, 3.8) is 0 Å². The van der Waals surface area contributed by atoms with Gasteiger partial charge in [0.15, 0.2) is 0 Å². The lowest BCUT2D eigenvalue weighted by molar-refractivity contribution is -0.167. The van der Waals surface area contributed by atoms with Gasteiger partial charge in [0.1, 0.15) is 0 Å². The quantitative estimate of drug-likeness (QED) is 0.776. The van der Waals surface area contributed by atoms with Crippen LogP contribution in [0.5, 0.6) is 0 Å². The van der Waals surface area contributed by atoms with Gasteiger partial charge >= 0.3 is 0 Å². The normalized spacial score (nSPS) is 30.9. The maximum Gasteiger partial charge on any atom is 0.231 e. The first kappa shape index (κ1) is 16.4. The summed E-state index contributed by atoms with van der Waals surface area (Å²) in [4.78, 5) is 14.2. The number of amides is 1. The zero-order valence-corrected chi connectivity index (χ0v) is 13.7. The van der Waals surface area contributed by atoms with Crippen LogP contribution in [-0.4, -0.2) is 53.4 Å². The standard InChI is InChI=1S/C18H25NO4/c1-3-22-12(2)17-14-9-16(15(10-20)19(14)18(17)21)23-11-13-7-5-4-6-8-13/h4-8,12,14-17,20H,3,9-11H2,1-2H3/t12?,14-,15+,16+,17+/m1/s1. The van der Waals surface area contributed by atoms with E-state index in [1.54, 1.807) is 4.90 Å². The summed E-state index contributed by atoms with van der Waals surface area (Å²) in [5.41, 5.74) is 1.10. The largest absolute Gasteiger partial charge is 0.394 e. The summed E-state index contributed by atoms with van der Waals surface area (Å²) in [6.07, 6.45) is 0.570. The van der Waals surface area contributed by atoms with Crippen molar-refractivity contribution in [3.05, 3.63) is 35.9 Å². The van der Waals surface area contributed by atoms with Crippen molar-refractivity contribution in [1.82, 2.24) is 4.90 Å². The van der Waals surface area contributed by atoms with E-state index < -0.39 is 0 Å². The van der Waals surface area contributed by atoms with Crippen molar-refractivity contribution in [1.29, 1.82) is 0 Å². The van der Waals surface area contributed by atoms with Crippen LogP contribution in [-0.2, 0) is 20.9 Å². The van der Waals surface area contributed by atoms with Gasteiger partial charge in [0.25, 0.3) is 0 Å². The fourth-order valence-corrected chi connectivity index (χ4v) is 3.88. The number of nitrogens with zero attached hydrogens (tertiary/aromatic N) is 1. The fourth-order valence-electron chi connectivity index (χ4n) is 3.88. The summed E-state index contributed by atoms with van der Waals surface area (Å²) in [5.74, 6) is -0.0184. The highest BCUT2D eigenvalue weighted by Gasteiger charge is 2.59. The van der Waals surface area contributed by atoms with E-state index in [1.807, 2.05) is 44.2 Å². The molecule has 2 fully saturated rings. The third-order valence-corrected chi connectivity index (χ3v) is 5.00. The highest BCUT2D eigenvalue weighted by Crippen LogP contribution is 2.43. The van der Waals surface area contributed by atoms with Crippen LogP contribution < -0.4 is 0 Å². The maximum absolute atomic E-state index is 12.4. The van der Waals surface area contributed by atoms with Gasteiger partial charge in [-0.05, 0) is 25.8 Å². The Morgan fingerprint density at radius 3 is 2.74 bits per heavy atom. The number of aliphatic hydroxyl groups excluding tert-OH is 1. The lowest BCUT2D eigenvalue weighted by Crippen LogP contribution is -2.64. The molecule has 5 heteroatoms. The van der Waals surface area contributed by atoms with E-state index in [-0.39, 0.29) is 42.7 Å². The molecule has 0 bridgehead atoms. The number of hydrogen-bond donors (Lipinski definition) is 1. The number of ether oxygens (including phenoxy) is 2. The highest BCUT2D eigenvalue weighted by atomic mass is 16.5. The second kappa shape index (κ2) is 6.99. The van der Waals surface area contributed by atoms with Crippen molar-refractivity contribution >= 4 is 5.91 Å². The molecule has 1 N–H and O–H groups in total. The van der Waals surface area contributed by atoms with E-state index in [1.165, 1.54) is 0 Å². The summed E-state index contributed by atoms with van der Waals surface area (Å²) >= 11 is 0. The van der Waals surface area contributed by atoms with Gasteiger partial charge in [-0.25, -0.2) is 0 Å². The number of β-lactam (4-membered cyclic amide) rings is 1. The van der Waals surface area contributed by atoms with Crippen molar-refractivity contribution < 1.29 is 19.4 Å². The molecule has 1 unspecified atom stereocenters. The molecule has 1 aromatic carbocycles. The van der Waals surface area contributed by atoms with Gasteiger partial charge in [0, 0.05) is 12.6 Å². The molecule has 2 aliphatic heterocycles. The smallest absolute Gasteiger partial charge is 0.231 e. The van der Waals surface area contributed by atoms with E-state index >= 15 is 0 Å². The van der Waals surface area contributed by atoms with Crippen LogP contribution in [0.4, 0.5) is 0 Å². The average molecular weight is 319 g/mol. The zero-order valence-electron chi connectivity index (χ0n) is 13.7. The van der Waals surface area contributed by atoms with Crippen LogP contribution in [0.3, 0.4) is 0 Å². The minimum atomic E-state index is -0.235. The second-order valence-corrected chi connectivity index (χ2v) is 6.32. The van der Waals surface area contributed by atoms with E-state index in [9.17, 15) is 9.90 Å². The Morgan fingerprint density at radius 1 is 1.35 bits per heavy atom. The summed E-state index contributed by atoms with van der Waals surface area (Å²) < 4.78 is 11.6. The molecule has 0 aromatic heterocycles. The number of benzene rings is 1. The zero-order chi connectivity index (χ0) is 16.4. The summed E-state index contributed by atoms with van der Waals surface area (Å²) in [6.45, 7) is 4.94. The van der Waals surface area contributed by atoms with Crippen LogP contribution in [0.1, 0.15) is 25.8 Å². The lowest BCUT2D eigenvalue weighted by Gasteiger charge is -2.47. The Morgan fingerprint density at radius 2 is 2.09 bits per heavy atom. The minimum absolute atomic E-state index is 0.0581. The molecule has 126 valence electrons. The van der Waals surface area contributed by atoms with Crippen molar-refractivity contribution in [2.75, 3.05) is 13.2 Å². The van der Waals surface area contributed by atoms with Crippen molar-refractivity contribution in [2.45, 2.75) is 51.2 Å². The topological polar surface area (TPSA) is 59.0 Å². The van der Waals surface area contributed by atoms with Gasteiger partial charge in [-0.3, -0.25) is 4.79 Å². The number of carbonyl (C=O) groups is 1. The SMILES string of the molecule is CCOC(C)[C@@H]1C(=O)N2[C@@H]1C[C@H](OCc1ccccc1)[C@@H]2CO. The number of fused-ring (bicyclic) bond motifs is 1. The molecule has 2 saturated heterocycles. The maximum atomic E-state index is 12.4. The van der Waals surface area contributed by atoms with Crippen LogP contribution in [0, 0.1) is 5.92 Å². The molecule has 1 amide bonds. The third kappa shape index (κ3) is 3.01. The second-order valence-electron chi connectivity index (χ2n) is 6.32. The molecule has 5 nitrogen and oxygen atoms in total. The van der Waals surface area contributed by atoms with Crippen LogP contribution in [0.25, 0.3) is 0 Å². The Balaban J connectivity index is 1.64. The average Bonchev–Trinajstić information content (AvgIpc) is 2.87. The molecule has 0 radical (unpaired) electrons. The molecule has 0 aliphatic carbocycles. The first-order valence-electron chi connectivity index (χ1n) is 8.37. The Hall–Kier alpha value is -1.43. The molecular formula is C18H25NO4. The van der Waals surface area contributed by atoms with Gasteiger partial charge in [-0.2, -0.15) is 0 Å². The summed E-state index contributed by atoms with van der Waals surface area (Å²) in [7, 11) is 0. The molecule has 0 spiro atoms. The first-order chi connectivity index (χ1) is 11.2. The van der Waals surface area contributed by atoms with E-state index in [0.717, 1.165) is 12.0 Å². The predicted molar refractivity (Wildman–Crippen MR) is 85.7 cm³/mol. The molecule has 3 rings (SSSR count). The van der Waals surface area contributed by atoms with Gasteiger partial charge in [-0.15, -0.1) is 0 Å². The highest BCUT2D eigenvalue weighted by molar-refractivity contribution is 5.87. The third-order valence-electron chi connectivity index (χ3n) is 5.00. The molecular weight excluding hydrogens is 294 g/mol. The van der Waals surface area contributed by atoms with Crippen LogP contribution in [0.15, 0.2) is 30.3 Å². The Labute approximate surface area is 137 Å². The molecule has 0 saturated carbocycles. The molecule has 23 heavy (non-hydrogen) atoms. The lowest BCUT2D eigenvalue weighted by atomic mass is 9.84. The van der Waals surface area contributed by atoms with Gasteiger partial charge in [0.05, 0.1) is 37.4 Å². The van der Waals surface area contributed by atoms with E-state index in [2.05, 4.69) is 0 Å². The first-order valence-corrected chi connectivity index (χ1v) is 8.37. The van der Waals surface area contributed by atoms with Gasteiger partial charge < -0.3 is 19.5 Å². The van der Waals surface area contributed by atoms with Crippen molar-refractivity contribution in [2.24, 2.45) is 5.92 Å². The number of hydrogen-bond acceptors (Lipinski definition) is 4. The van der Waals surface area contributed by atoms with E-state index in [0.29, 0.717) is 13.2 Å². The Kier molecular flexibility index (Phi) is 4.99. The predicted octanol–water partition coefficient (Wildman–Crippen LogP) is 1.59. The van der Waals surface area contributed by atoms with Crippen LogP contribution in [0.2, 0.25) is 0 Å². The molecule has 5 atom stereocenters. The molecule has 2 aliphatic rings. The van der Waals surface area contributed by atoms with Crippen LogP contribution >= 0.6 is 0 Å². The summed E-state index contributed by atoms with van der Waals surface area (Å²) in [5, 5.41) is 9.70. The Bertz CT molecular complexity index is 535. The number of aliphatic hydroxyl groups is 1. The summed E-state index contributed by atoms with van der Waals surface area (Å²) in [6, 6.07) is 9.86. The minimum Gasteiger partial charge on any atom is -0.394 e. The molecule has 1 aromatic rings. The number of rotatable bonds is 7. The van der Waals surface area contributed by atoms with Gasteiger partial charge in [-0.1, -0.05) is 30.3 Å². The monoisotopic (exact) mass is 319 g/mol.